The largest absolute Gasteiger partial charge is 0.467 e. The van der Waals surface area contributed by atoms with Crippen LogP contribution in [0.5, 0.6) is 0 Å². The highest BCUT2D eigenvalue weighted by atomic mass is 16.6. The van der Waals surface area contributed by atoms with E-state index >= 15 is 0 Å². The Balaban J connectivity index is 2.98. The Kier molecular flexibility index (Phi) is 9.73. The molecule has 10 nitrogen and oxygen atoms in total. The predicted molar refractivity (Wildman–Crippen MR) is 110 cm³/mol. The van der Waals surface area contributed by atoms with E-state index in [1.165, 1.54) is 19.2 Å². The number of carbonyl (C=O) groups is 3. The van der Waals surface area contributed by atoms with Crippen molar-refractivity contribution in [1.29, 1.82) is 0 Å². The van der Waals surface area contributed by atoms with E-state index in [2.05, 4.69) is 5.32 Å². The number of benzene rings is 1. The number of anilines is 1. The summed E-state index contributed by atoms with van der Waals surface area (Å²) >= 11 is 0. The van der Waals surface area contributed by atoms with Crippen LogP contribution in [-0.2, 0) is 19.1 Å². The normalized spacial score (nSPS) is 12.4. The molecule has 0 saturated heterocycles. The van der Waals surface area contributed by atoms with Crippen LogP contribution in [0.4, 0.5) is 11.4 Å². The highest BCUT2D eigenvalue weighted by molar-refractivity contribution is 5.98. The fourth-order valence-electron chi connectivity index (χ4n) is 2.86. The number of methoxy groups -OCH3 is 1. The third-order valence-electron chi connectivity index (χ3n) is 4.83. The minimum absolute atomic E-state index is 0.00727. The number of non-ortho nitro benzene ring substituents is 1. The average molecular weight is 423 g/mol. The lowest BCUT2D eigenvalue weighted by atomic mass is 9.99. The first kappa shape index (κ1) is 24.9. The number of esters is 2. The Morgan fingerprint density at radius 3 is 2.33 bits per heavy atom. The maximum atomic E-state index is 12.6. The maximum absolute atomic E-state index is 12.6. The summed E-state index contributed by atoms with van der Waals surface area (Å²) in [6, 6.07) is 3.06. The van der Waals surface area contributed by atoms with Gasteiger partial charge in [-0.3, -0.25) is 14.9 Å². The summed E-state index contributed by atoms with van der Waals surface area (Å²) in [5.41, 5.74) is 0.208. The van der Waals surface area contributed by atoms with E-state index in [9.17, 15) is 24.5 Å². The molecule has 30 heavy (non-hydrogen) atoms. The zero-order valence-corrected chi connectivity index (χ0v) is 18.0. The van der Waals surface area contributed by atoms with Gasteiger partial charge < -0.3 is 19.7 Å². The van der Waals surface area contributed by atoms with Gasteiger partial charge in [0.2, 0.25) is 0 Å². The fraction of sp³-hybridized carbons (Fsp3) is 0.550. The summed E-state index contributed by atoms with van der Waals surface area (Å²) in [5.74, 6) is -2.31. The minimum Gasteiger partial charge on any atom is -0.467 e. The van der Waals surface area contributed by atoms with Crippen LogP contribution in [0.15, 0.2) is 18.2 Å². The standard InChI is InChI=1S/C20H29N3O7/c1-6-13(4)18(20(26)29-5)21-17(24)12-30-19(25)15-11-14(23(27)28)9-10-16(15)22(7-2)8-3/h9-11,13,18H,6-8,12H2,1-5H3,(H,21,24). The predicted octanol–water partition coefficient (Wildman–Crippen LogP) is 2.30. The van der Waals surface area contributed by atoms with Crippen LogP contribution >= 0.6 is 0 Å². The van der Waals surface area contributed by atoms with Crippen molar-refractivity contribution >= 4 is 29.2 Å². The molecule has 0 spiro atoms. The smallest absolute Gasteiger partial charge is 0.341 e. The number of hydrogen-bond donors (Lipinski definition) is 1. The van der Waals surface area contributed by atoms with Crippen LogP contribution in [0.2, 0.25) is 0 Å². The van der Waals surface area contributed by atoms with Crippen LogP contribution in [0.25, 0.3) is 0 Å². The van der Waals surface area contributed by atoms with Crippen molar-refractivity contribution < 1.29 is 28.8 Å². The lowest BCUT2D eigenvalue weighted by molar-refractivity contribution is -0.384. The van der Waals surface area contributed by atoms with Crippen LogP contribution in [0, 0.1) is 16.0 Å². The molecule has 1 N–H and O–H groups in total. The van der Waals surface area contributed by atoms with Crippen molar-refractivity contribution in [3.63, 3.8) is 0 Å². The number of rotatable bonds is 11. The summed E-state index contributed by atoms with van der Waals surface area (Å²) in [5, 5.41) is 13.6. The van der Waals surface area contributed by atoms with Gasteiger partial charge in [0.25, 0.3) is 11.6 Å². The van der Waals surface area contributed by atoms with E-state index in [0.29, 0.717) is 25.2 Å². The van der Waals surface area contributed by atoms with Crippen LogP contribution in [-0.4, -0.2) is 55.6 Å². The molecular weight excluding hydrogens is 394 g/mol. The molecule has 0 aliphatic rings. The number of amides is 1. The Morgan fingerprint density at radius 2 is 1.83 bits per heavy atom. The second-order valence-electron chi connectivity index (χ2n) is 6.66. The van der Waals surface area contributed by atoms with E-state index in [1.54, 1.807) is 6.92 Å². The zero-order chi connectivity index (χ0) is 22.8. The molecular formula is C20H29N3O7. The molecule has 0 saturated carbocycles. The monoisotopic (exact) mass is 423 g/mol. The molecule has 0 aliphatic heterocycles. The second-order valence-corrected chi connectivity index (χ2v) is 6.66. The molecule has 0 heterocycles. The topological polar surface area (TPSA) is 128 Å². The lowest BCUT2D eigenvalue weighted by Crippen LogP contribution is -2.47. The highest BCUT2D eigenvalue weighted by Gasteiger charge is 2.27. The molecule has 0 aliphatic carbocycles. The lowest BCUT2D eigenvalue weighted by Gasteiger charge is -2.23. The molecule has 1 aromatic rings. The number of nitro groups is 1. The van der Waals surface area contributed by atoms with Gasteiger partial charge in [0.1, 0.15) is 6.04 Å². The molecule has 0 aromatic heterocycles. The van der Waals surface area contributed by atoms with Gasteiger partial charge in [0.15, 0.2) is 6.61 Å². The minimum atomic E-state index is -0.867. The Bertz CT molecular complexity index is 778. The Morgan fingerprint density at radius 1 is 1.20 bits per heavy atom. The molecule has 1 aromatic carbocycles. The van der Waals surface area contributed by atoms with Gasteiger partial charge in [-0.05, 0) is 25.8 Å². The van der Waals surface area contributed by atoms with Gasteiger partial charge in [-0.15, -0.1) is 0 Å². The number of nitrogens with one attached hydrogen (secondary N) is 1. The molecule has 10 heteroatoms. The molecule has 0 fully saturated rings. The van der Waals surface area contributed by atoms with Gasteiger partial charge in [-0.1, -0.05) is 20.3 Å². The first-order chi connectivity index (χ1) is 14.2. The van der Waals surface area contributed by atoms with Crippen molar-refractivity contribution in [3.05, 3.63) is 33.9 Å². The van der Waals surface area contributed by atoms with Crippen molar-refractivity contribution in [3.8, 4) is 0 Å². The number of carbonyl (C=O) groups excluding carboxylic acids is 3. The molecule has 1 amide bonds. The van der Waals surface area contributed by atoms with E-state index in [1.807, 2.05) is 25.7 Å². The summed E-state index contributed by atoms with van der Waals surface area (Å²) in [7, 11) is 1.22. The summed E-state index contributed by atoms with van der Waals surface area (Å²) < 4.78 is 9.78. The first-order valence-electron chi connectivity index (χ1n) is 9.77. The SMILES string of the molecule is CCC(C)C(NC(=O)COC(=O)c1cc([N+](=O)[O-])ccc1N(CC)CC)C(=O)OC. The summed E-state index contributed by atoms with van der Waals surface area (Å²) in [6.45, 7) is 7.93. The number of nitrogens with zero attached hydrogens (tertiary/aromatic N) is 2. The third kappa shape index (κ3) is 6.43. The van der Waals surface area contributed by atoms with Crippen molar-refractivity contribution in [2.75, 3.05) is 31.7 Å². The quantitative estimate of drug-likeness (QED) is 0.326. The number of ether oxygens (including phenoxy) is 2. The van der Waals surface area contributed by atoms with Crippen LogP contribution in [0.3, 0.4) is 0 Å². The molecule has 0 radical (unpaired) electrons. The molecule has 0 bridgehead atoms. The fourth-order valence-corrected chi connectivity index (χ4v) is 2.86. The van der Waals surface area contributed by atoms with Crippen LogP contribution < -0.4 is 10.2 Å². The summed E-state index contributed by atoms with van der Waals surface area (Å²) in [4.78, 5) is 49.0. The maximum Gasteiger partial charge on any atom is 0.341 e. The van der Waals surface area contributed by atoms with E-state index in [-0.39, 0.29) is 17.2 Å². The molecule has 166 valence electrons. The third-order valence-corrected chi connectivity index (χ3v) is 4.83. The van der Waals surface area contributed by atoms with Gasteiger partial charge in [0.05, 0.1) is 23.3 Å². The molecule has 2 unspecified atom stereocenters. The number of nitro benzene ring substituents is 1. The highest BCUT2D eigenvalue weighted by Crippen LogP contribution is 2.26. The van der Waals surface area contributed by atoms with Crippen LogP contribution in [0.1, 0.15) is 44.5 Å². The van der Waals surface area contributed by atoms with Crippen molar-refractivity contribution in [2.24, 2.45) is 5.92 Å². The Hall–Kier alpha value is -3.17. The number of hydrogen-bond acceptors (Lipinski definition) is 8. The molecule has 1 rings (SSSR count). The van der Waals surface area contributed by atoms with Gasteiger partial charge in [0, 0.05) is 25.2 Å². The molecule has 2 atom stereocenters. The van der Waals surface area contributed by atoms with E-state index < -0.39 is 35.4 Å². The van der Waals surface area contributed by atoms with Crippen molar-refractivity contribution in [1.82, 2.24) is 5.32 Å². The van der Waals surface area contributed by atoms with Gasteiger partial charge in [-0.25, -0.2) is 9.59 Å². The summed E-state index contributed by atoms with van der Waals surface area (Å²) in [6.07, 6.45) is 0.626. The zero-order valence-electron chi connectivity index (χ0n) is 18.0. The van der Waals surface area contributed by atoms with Gasteiger partial charge in [-0.2, -0.15) is 0 Å². The second kappa shape index (κ2) is 11.7. The van der Waals surface area contributed by atoms with Gasteiger partial charge >= 0.3 is 11.9 Å². The Labute approximate surface area is 175 Å². The average Bonchev–Trinajstić information content (AvgIpc) is 2.75. The van der Waals surface area contributed by atoms with E-state index in [0.717, 1.165) is 6.07 Å². The first-order valence-corrected chi connectivity index (χ1v) is 9.77. The van der Waals surface area contributed by atoms with Crippen molar-refractivity contribution in [2.45, 2.75) is 40.2 Å². The van der Waals surface area contributed by atoms with E-state index in [4.69, 9.17) is 9.47 Å².